The molecule has 1 saturated heterocycles. The highest BCUT2D eigenvalue weighted by molar-refractivity contribution is 6.30. The van der Waals surface area contributed by atoms with E-state index in [1.54, 1.807) is 18.2 Å². The molecule has 0 saturated carbocycles. The van der Waals surface area contributed by atoms with Gasteiger partial charge >= 0.3 is 11.9 Å². The molecule has 3 rings (SSSR count). The first-order valence-electron chi connectivity index (χ1n) is 9.03. The molecular formula is C21H22ClNO5. The molecule has 1 fully saturated rings. The minimum atomic E-state index is -1.01. The van der Waals surface area contributed by atoms with Crippen LogP contribution in [0.15, 0.2) is 48.5 Å². The molecule has 0 aromatic heterocycles. The molecule has 0 amide bonds. The first-order chi connectivity index (χ1) is 13.4. The molecule has 1 aliphatic rings. The van der Waals surface area contributed by atoms with E-state index >= 15 is 0 Å². The highest BCUT2D eigenvalue weighted by atomic mass is 35.5. The van der Waals surface area contributed by atoms with Gasteiger partial charge in [0.15, 0.2) is 6.61 Å². The van der Waals surface area contributed by atoms with Crippen LogP contribution >= 0.6 is 11.6 Å². The molecule has 0 spiro atoms. The fourth-order valence-corrected chi connectivity index (χ4v) is 3.43. The van der Waals surface area contributed by atoms with Crippen LogP contribution in [0.5, 0.6) is 5.75 Å². The van der Waals surface area contributed by atoms with Gasteiger partial charge in [0.1, 0.15) is 11.9 Å². The molecule has 2 aromatic rings. The normalized spacial score (nSPS) is 18.4. The number of esters is 1. The molecule has 0 aliphatic carbocycles. The zero-order chi connectivity index (χ0) is 20.1. The van der Waals surface area contributed by atoms with Crippen molar-refractivity contribution in [3.63, 3.8) is 0 Å². The summed E-state index contributed by atoms with van der Waals surface area (Å²) in [5.74, 6) is -0.745. The van der Waals surface area contributed by atoms with Crippen molar-refractivity contribution in [2.45, 2.75) is 25.5 Å². The molecule has 0 radical (unpaired) electrons. The smallest absolute Gasteiger partial charge is 0.341 e. The van der Waals surface area contributed by atoms with E-state index in [1.807, 2.05) is 30.3 Å². The lowest BCUT2D eigenvalue weighted by Gasteiger charge is -2.36. The van der Waals surface area contributed by atoms with Crippen LogP contribution in [0.4, 0.5) is 0 Å². The van der Waals surface area contributed by atoms with Gasteiger partial charge in [-0.3, -0.25) is 9.69 Å². The van der Waals surface area contributed by atoms with E-state index in [2.05, 4.69) is 11.8 Å². The number of hydrogen-bond donors (Lipinski definition) is 1. The number of hydrogen-bond acceptors (Lipinski definition) is 5. The van der Waals surface area contributed by atoms with Gasteiger partial charge in [0, 0.05) is 17.6 Å². The predicted octanol–water partition coefficient (Wildman–Crippen LogP) is 3.33. The van der Waals surface area contributed by atoms with Crippen LogP contribution in [0.2, 0.25) is 5.02 Å². The van der Waals surface area contributed by atoms with E-state index in [1.165, 1.54) is 0 Å². The average molecular weight is 404 g/mol. The Morgan fingerprint density at radius 3 is 2.75 bits per heavy atom. The maximum absolute atomic E-state index is 12.1. The summed E-state index contributed by atoms with van der Waals surface area (Å²) in [4.78, 5) is 24.8. The van der Waals surface area contributed by atoms with Gasteiger partial charge in [-0.1, -0.05) is 35.9 Å². The number of ether oxygens (including phenoxy) is 2. The number of carboxylic acids is 1. The van der Waals surface area contributed by atoms with Gasteiger partial charge in [-0.15, -0.1) is 0 Å². The van der Waals surface area contributed by atoms with E-state index in [0.29, 0.717) is 17.3 Å². The molecule has 1 heterocycles. The maximum Gasteiger partial charge on any atom is 0.341 e. The summed E-state index contributed by atoms with van der Waals surface area (Å²) >= 11 is 6.06. The maximum atomic E-state index is 12.1. The van der Waals surface area contributed by atoms with Crippen molar-refractivity contribution >= 4 is 23.5 Å². The minimum Gasteiger partial charge on any atom is -0.482 e. The third-order valence-electron chi connectivity index (χ3n) is 4.67. The molecule has 2 atom stereocenters. The molecule has 1 N–H and O–H groups in total. The highest BCUT2D eigenvalue weighted by Gasteiger charge is 2.30. The predicted molar refractivity (Wildman–Crippen MR) is 105 cm³/mol. The number of morpholine rings is 1. The monoisotopic (exact) mass is 403 g/mol. The number of carbonyl (C=O) groups is 2. The Labute approximate surface area is 168 Å². The van der Waals surface area contributed by atoms with Crippen LogP contribution in [-0.4, -0.2) is 47.7 Å². The molecule has 148 valence electrons. The average Bonchev–Trinajstić information content (AvgIpc) is 2.67. The first-order valence-corrected chi connectivity index (χ1v) is 9.41. The van der Waals surface area contributed by atoms with Gasteiger partial charge in [-0.05, 0) is 48.7 Å². The molecule has 28 heavy (non-hydrogen) atoms. The summed E-state index contributed by atoms with van der Waals surface area (Å²) in [6.45, 7) is 2.56. The topological polar surface area (TPSA) is 76.1 Å². The minimum absolute atomic E-state index is 0.125. The SMILES string of the molecule is CC(Cc1ccc(OCC(=O)O)cc1)N1CC(=O)OC(c2cccc(Cl)c2)C1. The number of rotatable bonds is 7. The number of carboxylic acid groups (broad SMARTS) is 1. The largest absolute Gasteiger partial charge is 0.482 e. The van der Waals surface area contributed by atoms with Crippen LogP contribution < -0.4 is 4.74 Å². The second-order valence-corrected chi connectivity index (χ2v) is 7.28. The lowest BCUT2D eigenvalue weighted by molar-refractivity contribution is -0.160. The van der Waals surface area contributed by atoms with Crippen LogP contribution in [0.25, 0.3) is 0 Å². The molecule has 6 nitrogen and oxygen atoms in total. The number of benzene rings is 2. The number of aliphatic carboxylic acids is 1. The Morgan fingerprint density at radius 1 is 1.32 bits per heavy atom. The zero-order valence-electron chi connectivity index (χ0n) is 15.5. The molecule has 2 unspecified atom stereocenters. The molecule has 7 heteroatoms. The summed E-state index contributed by atoms with van der Waals surface area (Å²) < 4.78 is 10.7. The second-order valence-electron chi connectivity index (χ2n) is 6.84. The van der Waals surface area contributed by atoms with E-state index in [-0.39, 0.29) is 31.3 Å². The van der Waals surface area contributed by atoms with Gasteiger partial charge in [0.05, 0.1) is 6.54 Å². The van der Waals surface area contributed by atoms with Gasteiger partial charge in [-0.25, -0.2) is 4.79 Å². The molecular weight excluding hydrogens is 382 g/mol. The van der Waals surface area contributed by atoms with E-state index in [0.717, 1.165) is 17.5 Å². The molecule has 1 aliphatic heterocycles. The third kappa shape index (κ3) is 5.47. The lowest BCUT2D eigenvalue weighted by atomic mass is 10.0. The van der Waals surface area contributed by atoms with Gasteiger partial charge in [0.25, 0.3) is 0 Å². The number of halogens is 1. The van der Waals surface area contributed by atoms with E-state index in [9.17, 15) is 9.59 Å². The third-order valence-corrected chi connectivity index (χ3v) is 4.90. The number of cyclic esters (lactones) is 1. The first kappa shape index (κ1) is 20.2. The van der Waals surface area contributed by atoms with Crippen molar-refractivity contribution in [2.75, 3.05) is 19.7 Å². The summed E-state index contributed by atoms with van der Waals surface area (Å²) in [6, 6.07) is 14.8. The summed E-state index contributed by atoms with van der Waals surface area (Å²) in [6.07, 6.45) is 0.406. The number of nitrogens with zero attached hydrogens (tertiary/aromatic N) is 1. The Bertz CT molecular complexity index is 839. The van der Waals surface area contributed by atoms with Crippen molar-refractivity contribution in [1.82, 2.24) is 4.90 Å². The van der Waals surface area contributed by atoms with E-state index in [4.69, 9.17) is 26.2 Å². The van der Waals surface area contributed by atoms with Crippen molar-refractivity contribution < 1.29 is 24.2 Å². The van der Waals surface area contributed by atoms with Gasteiger partial charge in [-0.2, -0.15) is 0 Å². The van der Waals surface area contributed by atoms with Crippen LogP contribution in [0.1, 0.15) is 24.2 Å². The van der Waals surface area contributed by atoms with E-state index < -0.39 is 5.97 Å². The zero-order valence-corrected chi connectivity index (χ0v) is 16.3. The van der Waals surface area contributed by atoms with Crippen molar-refractivity contribution in [3.8, 4) is 5.75 Å². The number of carbonyl (C=O) groups excluding carboxylic acids is 1. The van der Waals surface area contributed by atoms with Crippen LogP contribution in [-0.2, 0) is 20.7 Å². The van der Waals surface area contributed by atoms with Crippen molar-refractivity contribution in [2.24, 2.45) is 0 Å². The van der Waals surface area contributed by atoms with Gasteiger partial charge < -0.3 is 14.6 Å². The lowest BCUT2D eigenvalue weighted by Crippen LogP contribution is -2.46. The van der Waals surface area contributed by atoms with Crippen LogP contribution in [0, 0.1) is 0 Å². The fourth-order valence-electron chi connectivity index (χ4n) is 3.23. The summed E-state index contributed by atoms with van der Waals surface area (Å²) in [7, 11) is 0. The molecule has 2 aromatic carbocycles. The Kier molecular flexibility index (Phi) is 6.54. The summed E-state index contributed by atoms with van der Waals surface area (Å²) in [5.41, 5.74) is 1.96. The highest BCUT2D eigenvalue weighted by Crippen LogP contribution is 2.27. The van der Waals surface area contributed by atoms with Crippen LogP contribution in [0.3, 0.4) is 0 Å². The van der Waals surface area contributed by atoms with Crippen molar-refractivity contribution in [1.29, 1.82) is 0 Å². The Balaban J connectivity index is 1.62. The standard InChI is InChI=1S/C21H22ClNO5/c1-14(9-15-5-7-18(8-6-15)27-13-20(24)25)23-11-19(28-21(26)12-23)16-3-2-4-17(22)10-16/h2-8,10,14,19H,9,11-13H2,1H3,(H,24,25). The molecule has 0 bridgehead atoms. The Hall–Kier alpha value is -2.57. The van der Waals surface area contributed by atoms with Crippen molar-refractivity contribution in [3.05, 3.63) is 64.7 Å². The summed E-state index contributed by atoms with van der Waals surface area (Å²) in [5, 5.41) is 9.27. The van der Waals surface area contributed by atoms with Gasteiger partial charge in [0.2, 0.25) is 0 Å². The quantitative estimate of drug-likeness (QED) is 0.714. The second kappa shape index (κ2) is 9.08. The fraction of sp³-hybridized carbons (Fsp3) is 0.333. The Morgan fingerprint density at radius 2 is 2.07 bits per heavy atom.